The van der Waals surface area contributed by atoms with Crippen LogP contribution in [0.15, 0.2) is 41.0 Å². The highest BCUT2D eigenvalue weighted by Gasteiger charge is 2.20. The summed E-state index contributed by atoms with van der Waals surface area (Å²) in [5.74, 6) is 1.83. The number of hydrogen-bond acceptors (Lipinski definition) is 3. The van der Waals surface area contributed by atoms with E-state index in [-0.39, 0.29) is 5.41 Å². The van der Waals surface area contributed by atoms with Crippen LogP contribution in [0.1, 0.15) is 39.1 Å². The van der Waals surface area contributed by atoms with Gasteiger partial charge in [-0.1, -0.05) is 51.1 Å². The Morgan fingerprint density at radius 3 is 2.33 bits per heavy atom. The lowest BCUT2D eigenvalue weighted by Gasteiger charge is -2.25. The van der Waals surface area contributed by atoms with Gasteiger partial charge in [0.15, 0.2) is 0 Å². The van der Waals surface area contributed by atoms with Gasteiger partial charge in [0.25, 0.3) is 0 Å². The molecule has 4 heteroatoms. The molecule has 0 radical (unpaired) electrons. The Morgan fingerprint density at radius 2 is 1.76 bits per heavy atom. The van der Waals surface area contributed by atoms with Crippen molar-refractivity contribution in [1.82, 2.24) is 9.97 Å². The lowest BCUT2D eigenvalue weighted by atomic mass is 9.96. The summed E-state index contributed by atoms with van der Waals surface area (Å²) in [4.78, 5) is 11.5. The molecule has 0 saturated heterocycles. The fourth-order valence-corrected chi connectivity index (χ4v) is 2.43. The number of anilines is 1. The Kier molecular flexibility index (Phi) is 4.99. The van der Waals surface area contributed by atoms with E-state index in [4.69, 9.17) is 4.98 Å². The van der Waals surface area contributed by atoms with Crippen molar-refractivity contribution in [2.24, 2.45) is 0 Å². The summed E-state index contributed by atoms with van der Waals surface area (Å²) in [7, 11) is 0. The first kappa shape index (κ1) is 16.0. The molecule has 0 unspecified atom stereocenters. The molecule has 0 aliphatic rings. The topological polar surface area (TPSA) is 29.0 Å². The minimum absolute atomic E-state index is 0.0648. The number of nitrogens with zero attached hydrogens (tertiary/aromatic N) is 3. The monoisotopic (exact) mass is 347 g/mol. The highest BCUT2D eigenvalue weighted by atomic mass is 79.9. The van der Waals surface area contributed by atoms with Gasteiger partial charge in [-0.3, -0.25) is 0 Å². The summed E-state index contributed by atoms with van der Waals surface area (Å²) in [6, 6.07) is 12.5. The summed E-state index contributed by atoms with van der Waals surface area (Å²) in [5, 5.41) is 0. The van der Waals surface area contributed by atoms with Crippen LogP contribution in [0, 0.1) is 0 Å². The molecular weight excluding hydrogens is 326 g/mol. The van der Waals surface area contributed by atoms with E-state index in [2.05, 4.69) is 77.8 Å². The maximum absolute atomic E-state index is 4.76. The molecule has 0 aliphatic carbocycles. The maximum Gasteiger partial charge on any atom is 0.137 e. The van der Waals surface area contributed by atoms with E-state index in [1.807, 2.05) is 12.1 Å². The van der Waals surface area contributed by atoms with Gasteiger partial charge in [-0.2, -0.15) is 0 Å². The lowest BCUT2D eigenvalue weighted by molar-refractivity contribution is 0.542. The predicted molar refractivity (Wildman–Crippen MR) is 91.6 cm³/mol. The second-order valence-corrected chi connectivity index (χ2v) is 6.93. The Morgan fingerprint density at radius 1 is 1.10 bits per heavy atom. The minimum atomic E-state index is -0.0648. The number of hydrogen-bond donors (Lipinski definition) is 0. The molecule has 0 atom stereocenters. The molecule has 112 valence electrons. The molecule has 0 aliphatic heterocycles. The molecule has 0 fully saturated rings. The largest absolute Gasteiger partial charge is 0.352 e. The summed E-state index contributed by atoms with van der Waals surface area (Å²) in [5.41, 5.74) is 1.22. The van der Waals surface area contributed by atoms with Crippen LogP contribution in [-0.4, -0.2) is 16.5 Å². The van der Waals surface area contributed by atoms with Crippen molar-refractivity contribution >= 4 is 21.7 Å². The van der Waals surface area contributed by atoms with Crippen LogP contribution in [0.2, 0.25) is 0 Å². The van der Waals surface area contributed by atoms with Crippen LogP contribution >= 0.6 is 15.9 Å². The Balaban J connectivity index is 2.32. The summed E-state index contributed by atoms with van der Waals surface area (Å²) in [6.45, 7) is 10.3. The fraction of sp³-hybridized carbons (Fsp3) is 0.412. The van der Waals surface area contributed by atoms with E-state index >= 15 is 0 Å². The first-order chi connectivity index (χ1) is 9.90. The molecule has 0 bridgehead atoms. The Hall–Kier alpha value is -1.42. The summed E-state index contributed by atoms with van der Waals surface area (Å²) >= 11 is 3.51. The third-order valence-electron chi connectivity index (χ3n) is 3.27. The van der Waals surface area contributed by atoms with Gasteiger partial charge in [-0.25, -0.2) is 9.97 Å². The zero-order valence-corrected chi connectivity index (χ0v) is 14.7. The van der Waals surface area contributed by atoms with E-state index in [1.54, 1.807) is 0 Å². The molecule has 0 N–H and O–H groups in total. The molecule has 0 saturated carbocycles. The summed E-state index contributed by atoms with van der Waals surface area (Å²) < 4.78 is 0.837. The quantitative estimate of drug-likeness (QED) is 0.759. The first-order valence-electron chi connectivity index (χ1n) is 7.24. The van der Waals surface area contributed by atoms with Crippen molar-refractivity contribution < 1.29 is 0 Å². The van der Waals surface area contributed by atoms with E-state index in [0.717, 1.165) is 29.3 Å². The number of aromatic nitrogens is 2. The fourth-order valence-electron chi connectivity index (χ4n) is 2.06. The van der Waals surface area contributed by atoms with Crippen molar-refractivity contribution in [2.75, 3.05) is 11.4 Å². The summed E-state index contributed by atoms with van der Waals surface area (Å²) in [6.07, 6.45) is 0. The van der Waals surface area contributed by atoms with Gasteiger partial charge in [0.05, 0.1) is 0 Å². The molecule has 3 nitrogen and oxygen atoms in total. The van der Waals surface area contributed by atoms with Crippen LogP contribution in [0.25, 0.3) is 0 Å². The molecule has 2 rings (SSSR count). The standard InChI is InChI=1S/C17H22BrN3/c1-5-21(12-13-9-7-6-8-10-13)15-11-14(18)19-16(20-15)17(2,3)4/h6-11H,5,12H2,1-4H3. The van der Waals surface area contributed by atoms with Crippen molar-refractivity contribution in [3.8, 4) is 0 Å². The van der Waals surface area contributed by atoms with Crippen molar-refractivity contribution in [2.45, 2.75) is 39.7 Å². The Labute approximate surface area is 135 Å². The zero-order chi connectivity index (χ0) is 15.5. The highest BCUT2D eigenvalue weighted by Crippen LogP contribution is 2.25. The molecule has 1 heterocycles. The number of rotatable bonds is 4. The van der Waals surface area contributed by atoms with E-state index in [0.29, 0.717) is 0 Å². The van der Waals surface area contributed by atoms with Crippen LogP contribution in [0.4, 0.5) is 5.82 Å². The predicted octanol–water partition coefficient (Wildman–Crippen LogP) is 4.56. The number of benzene rings is 1. The Bertz CT molecular complexity index is 591. The van der Waals surface area contributed by atoms with Crippen LogP contribution < -0.4 is 4.90 Å². The van der Waals surface area contributed by atoms with E-state index in [1.165, 1.54) is 5.56 Å². The zero-order valence-electron chi connectivity index (χ0n) is 13.1. The third-order valence-corrected chi connectivity index (χ3v) is 3.68. The lowest BCUT2D eigenvalue weighted by Crippen LogP contribution is -2.25. The molecule has 1 aromatic carbocycles. The second kappa shape index (κ2) is 6.56. The van der Waals surface area contributed by atoms with E-state index in [9.17, 15) is 0 Å². The average molecular weight is 348 g/mol. The highest BCUT2D eigenvalue weighted by molar-refractivity contribution is 9.10. The second-order valence-electron chi connectivity index (χ2n) is 6.12. The molecule has 1 aromatic heterocycles. The minimum Gasteiger partial charge on any atom is -0.352 e. The van der Waals surface area contributed by atoms with Crippen molar-refractivity contribution in [3.05, 3.63) is 52.4 Å². The average Bonchev–Trinajstić information content (AvgIpc) is 2.44. The van der Waals surface area contributed by atoms with Gasteiger partial charge in [0.2, 0.25) is 0 Å². The van der Waals surface area contributed by atoms with Crippen molar-refractivity contribution in [3.63, 3.8) is 0 Å². The van der Waals surface area contributed by atoms with Crippen LogP contribution in [-0.2, 0) is 12.0 Å². The SMILES string of the molecule is CCN(Cc1ccccc1)c1cc(Br)nc(C(C)(C)C)n1. The molecule has 0 amide bonds. The van der Waals surface area contributed by atoms with Gasteiger partial charge in [0, 0.05) is 24.6 Å². The normalized spacial score (nSPS) is 11.5. The smallest absolute Gasteiger partial charge is 0.137 e. The van der Waals surface area contributed by atoms with E-state index < -0.39 is 0 Å². The molecule has 21 heavy (non-hydrogen) atoms. The van der Waals surface area contributed by atoms with Crippen molar-refractivity contribution in [1.29, 1.82) is 0 Å². The van der Waals surface area contributed by atoms with Crippen LogP contribution in [0.3, 0.4) is 0 Å². The first-order valence-corrected chi connectivity index (χ1v) is 8.03. The molecular formula is C17H22BrN3. The van der Waals surface area contributed by atoms with Gasteiger partial charge in [-0.15, -0.1) is 0 Å². The third kappa shape index (κ3) is 4.27. The molecule has 2 aromatic rings. The number of halogens is 1. The van der Waals surface area contributed by atoms with Gasteiger partial charge < -0.3 is 4.90 Å². The van der Waals surface area contributed by atoms with Gasteiger partial charge in [-0.05, 0) is 28.4 Å². The van der Waals surface area contributed by atoms with Gasteiger partial charge in [0.1, 0.15) is 16.2 Å². The molecule has 0 spiro atoms. The maximum atomic E-state index is 4.76. The van der Waals surface area contributed by atoms with Crippen LogP contribution in [0.5, 0.6) is 0 Å². The van der Waals surface area contributed by atoms with Gasteiger partial charge >= 0.3 is 0 Å².